The third-order valence-electron chi connectivity index (χ3n) is 5.85. The van der Waals surface area contributed by atoms with E-state index in [0.717, 1.165) is 12.1 Å². The topological polar surface area (TPSA) is 427 Å². The van der Waals surface area contributed by atoms with Gasteiger partial charge in [-0.15, -0.1) is 0 Å². The van der Waals surface area contributed by atoms with Crippen molar-refractivity contribution in [2.75, 3.05) is 79.3 Å². The van der Waals surface area contributed by atoms with Gasteiger partial charge in [0.05, 0.1) is 118 Å². The monoisotopic (exact) mass is 919 g/mol. The molecule has 0 atom stereocenters. The van der Waals surface area contributed by atoms with Crippen molar-refractivity contribution in [3.63, 3.8) is 0 Å². The number of carboxylic acid groups (broad SMARTS) is 6. The first kappa shape index (κ1) is 63.7. The van der Waals surface area contributed by atoms with Crippen molar-refractivity contribution in [1.82, 2.24) is 0 Å². The molecule has 3 aromatic rings. The zero-order chi connectivity index (χ0) is 47.4. The molecule has 0 unspecified atom stereocenters. The third kappa shape index (κ3) is 33.7. The number of benzene rings is 3. The van der Waals surface area contributed by atoms with Gasteiger partial charge in [0.15, 0.2) is 0 Å². The molecule has 343 valence electrons. The maximum Gasteiger partial charge on any atom is 0.335 e. The second-order valence-corrected chi connectivity index (χ2v) is 11.8. The molecular formula is C36H48NaO24S. The molecule has 0 aliphatic rings. The maximum absolute atomic E-state index is 10.8. The zero-order valence-electron chi connectivity index (χ0n) is 33.0. The van der Waals surface area contributed by atoms with Crippen LogP contribution in [0.4, 0.5) is 0 Å². The minimum absolute atomic E-state index is 0. The Morgan fingerprint density at radius 3 is 0.871 bits per heavy atom. The molecule has 26 heteroatoms. The summed E-state index contributed by atoms with van der Waals surface area (Å²) in [7, 11) is -4.64. The molecule has 0 saturated carbocycles. The van der Waals surface area contributed by atoms with Crippen molar-refractivity contribution in [1.29, 1.82) is 0 Å². The van der Waals surface area contributed by atoms with Gasteiger partial charge >= 0.3 is 35.8 Å². The molecule has 0 aliphatic heterocycles. The Morgan fingerprint density at radius 1 is 0.387 bits per heavy atom. The van der Waals surface area contributed by atoms with Crippen LogP contribution in [-0.4, -0.2) is 219 Å². The molecule has 0 saturated heterocycles. The Kier molecular flexibility index (Phi) is 40.0. The van der Waals surface area contributed by atoms with Crippen molar-refractivity contribution < 1.29 is 117 Å². The van der Waals surface area contributed by atoms with Crippen LogP contribution in [-0.2, 0) is 24.3 Å². The summed E-state index contributed by atoms with van der Waals surface area (Å²) in [6, 6.07) is 12.4. The summed E-state index contributed by atoms with van der Waals surface area (Å²) < 4.78 is 44.6. The van der Waals surface area contributed by atoms with Gasteiger partial charge in [0.1, 0.15) is 0 Å². The van der Waals surface area contributed by atoms with Crippen molar-refractivity contribution >= 4 is 75.5 Å². The van der Waals surface area contributed by atoms with Gasteiger partial charge in [-0.05, 0) is 60.7 Å². The van der Waals surface area contributed by atoms with Gasteiger partial charge in [0.2, 0.25) is 0 Å². The Labute approximate surface area is 375 Å². The Bertz CT molecular complexity index is 1750. The Hall–Kier alpha value is -4.97. The molecule has 1 radical (unpaired) electrons. The van der Waals surface area contributed by atoms with Crippen LogP contribution in [0.3, 0.4) is 0 Å². The van der Waals surface area contributed by atoms with Crippen LogP contribution in [0.1, 0.15) is 62.1 Å². The summed E-state index contributed by atoms with van der Waals surface area (Å²) in [6.07, 6.45) is 0. The van der Waals surface area contributed by atoms with Crippen molar-refractivity contribution in [3.05, 3.63) is 100 Å². The van der Waals surface area contributed by atoms with Gasteiger partial charge in [-0.1, -0.05) is 6.07 Å². The van der Waals surface area contributed by atoms with Crippen LogP contribution in [0.5, 0.6) is 0 Å². The van der Waals surface area contributed by atoms with Crippen LogP contribution in [0.2, 0.25) is 0 Å². The van der Waals surface area contributed by atoms with E-state index in [0.29, 0.717) is 51.8 Å². The standard InChI is InChI=1S/C8H6O7S.2C8H6O4.C6H14O4.C4H10O3.C2H6O2.Na/c9-7(10)4-1-5(8(11)12)3-6(2-4)16(13,14)15;9-7(10)5-1-2-6(4-3-5)8(11)12;9-7(10)5-2-1-3-6(4-5)8(11)12;7-1-3-9-5-6-10-4-2-8;5-1-3-7-4-2-6;3-1-2-4;/h1-3H,(H,9,10)(H,11,12)(H,13,14,15);2*1-4H,(H,9,10)(H,11,12);7-8H,1-6H2;5-6H,1-4H2;3-4H,1-2H2;. The van der Waals surface area contributed by atoms with Crippen LogP contribution in [0, 0.1) is 0 Å². The van der Waals surface area contributed by atoms with Crippen LogP contribution >= 0.6 is 0 Å². The molecule has 0 heterocycles. The van der Waals surface area contributed by atoms with E-state index in [9.17, 15) is 37.2 Å². The summed E-state index contributed by atoms with van der Waals surface area (Å²) in [5, 5.41) is 99.1. The zero-order valence-corrected chi connectivity index (χ0v) is 35.9. The smallest absolute Gasteiger partial charge is 0.335 e. The second-order valence-electron chi connectivity index (χ2n) is 10.4. The Morgan fingerprint density at radius 2 is 0.645 bits per heavy atom. The van der Waals surface area contributed by atoms with Crippen molar-refractivity contribution in [3.8, 4) is 0 Å². The van der Waals surface area contributed by atoms with E-state index in [1.165, 1.54) is 42.5 Å². The number of hydrogen-bond acceptors (Lipinski definition) is 17. The number of carbonyl (C=O) groups is 6. The maximum atomic E-state index is 10.8. The van der Waals surface area contributed by atoms with Crippen LogP contribution < -0.4 is 0 Å². The average molecular weight is 920 g/mol. The summed E-state index contributed by atoms with van der Waals surface area (Å²) >= 11 is 0. The predicted octanol–water partition coefficient (Wildman–Crippen LogP) is -0.922. The van der Waals surface area contributed by atoms with Gasteiger partial charge in [0.25, 0.3) is 10.1 Å². The van der Waals surface area contributed by atoms with Gasteiger partial charge in [-0.3, -0.25) is 4.55 Å². The molecule has 13 N–H and O–H groups in total. The van der Waals surface area contributed by atoms with E-state index in [-0.39, 0.29) is 91.5 Å². The molecule has 3 aromatic carbocycles. The number of aromatic carboxylic acids is 6. The number of aliphatic hydroxyl groups excluding tert-OH is 6. The molecule has 62 heavy (non-hydrogen) atoms. The SMILES string of the molecule is O=C(O)c1cc(C(=O)O)cc(S(=O)(=O)O)c1.O=C(O)c1ccc(C(=O)O)cc1.O=C(O)c1cccc(C(=O)O)c1.OCCO.OCCOCCO.OCCOCCOCCO.[Na]. The first-order chi connectivity index (χ1) is 28.7. The molecule has 0 aliphatic carbocycles. The molecular weight excluding hydrogens is 871 g/mol. The fourth-order valence-corrected chi connectivity index (χ4v) is 3.77. The predicted molar refractivity (Wildman–Crippen MR) is 212 cm³/mol. The van der Waals surface area contributed by atoms with E-state index in [1.807, 2.05) is 0 Å². The fraction of sp³-hybridized carbons (Fsp3) is 0.333. The van der Waals surface area contributed by atoms with E-state index in [4.69, 9.17) is 75.3 Å². The van der Waals surface area contributed by atoms with Crippen molar-refractivity contribution in [2.45, 2.75) is 4.90 Å². The molecule has 3 rings (SSSR count). The summed E-state index contributed by atoms with van der Waals surface area (Å²) in [5.41, 5.74) is -0.940. The molecule has 0 spiro atoms. The van der Waals surface area contributed by atoms with E-state index in [2.05, 4.69) is 4.74 Å². The van der Waals surface area contributed by atoms with Gasteiger partial charge in [0, 0.05) is 29.6 Å². The largest absolute Gasteiger partial charge is 0.478 e. The molecule has 24 nitrogen and oxygen atoms in total. The average Bonchev–Trinajstić information content (AvgIpc) is 3.23. The summed E-state index contributed by atoms with van der Waals surface area (Å²) in [5.74, 6) is -7.36. The summed E-state index contributed by atoms with van der Waals surface area (Å²) in [4.78, 5) is 61.8. The van der Waals surface area contributed by atoms with Crippen molar-refractivity contribution in [2.24, 2.45) is 0 Å². The molecule has 0 amide bonds. The van der Waals surface area contributed by atoms with E-state index < -0.39 is 62.0 Å². The Balaban J connectivity index is -0.000000337. The first-order valence-electron chi connectivity index (χ1n) is 16.8. The normalized spacial score (nSPS) is 9.66. The number of aliphatic hydroxyl groups is 6. The fourth-order valence-electron chi connectivity index (χ4n) is 3.22. The quantitative estimate of drug-likeness (QED) is 0.0393. The number of ether oxygens (including phenoxy) is 3. The molecule has 0 fully saturated rings. The number of hydrogen-bond donors (Lipinski definition) is 13. The molecule has 0 aromatic heterocycles. The van der Waals surface area contributed by atoms with E-state index in [1.54, 1.807) is 0 Å². The van der Waals surface area contributed by atoms with Gasteiger partial charge in [-0.2, -0.15) is 8.42 Å². The van der Waals surface area contributed by atoms with E-state index >= 15 is 0 Å². The van der Waals surface area contributed by atoms with Gasteiger partial charge in [-0.25, -0.2) is 28.8 Å². The third-order valence-corrected chi connectivity index (χ3v) is 6.68. The second kappa shape index (κ2) is 38.9. The first-order valence-corrected chi connectivity index (χ1v) is 18.2. The van der Waals surface area contributed by atoms with Crippen LogP contribution in [0.25, 0.3) is 0 Å². The minimum atomic E-state index is -4.64. The van der Waals surface area contributed by atoms with Crippen LogP contribution in [0.15, 0.2) is 71.6 Å². The summed E-state index contributed by atoms with van der Waals surface area (Å²) in [6.45, 7) is 2.17. The number of rotatable bonds is 19. The minimum Gasteiger partial charge on any atom is -0.478 e. The molecule has 0 bridgehead atoms. The number of carboxylic acids is 6. The van der Waals surface area contributed by atoms with Gasteiger partial charge < -0.3 is 75.5 Å².